The van der Waals surface area contributed by atoms with Gasteiger partial charge in [0.25, 0.3) is 5.91 Å². The van der Waals surface area contributed by atoms with Crippen molar-refractivity contribution in [3.63, 3.8) is 0 Å². The number of fused-ring (bicyclic) bond motifs is 2. The standard InChI is InChI=1S/C34H34F2N4O2/c35-27-11-6-24(7-12-27)23-37-34(41)26-10-15-32-30(22-26)38-33(25-8-13-28(36)14-9-25)29-4-1-2-5-31(29)40(32)17-3-16-39-18-20-42-21-19-39/h1-2,4-15,22,29,31H,3,16-21,23H2,(H,37,41). The molecule has 3 aromatic carbocycles. The van der Waals surface area contributed by atoms with E-state index >= 15 is 0 Å². The first-order valence-corrected chi connectivity index (χ1v) is 14.5. The van der Waals surface area contributed by atoms with Gasteiger partial charge in [0, 0.05) is 44.2 Å². The van der Waals surface area contributed by atoms with Gasteiger partial charge in [0.15, 0.2) is 0 Å². The third-order valence-electron chi connectivity index (χ3n) is 8.05. The number of ether oxygens (including phenoxy) is 1. The average Bonchev–Trinajstić information content (AvgIpc) is 3.16. The van der Waals surface area contributed by atoms with Crippen LogP contribution in [-0.4, -0.2) is 62.0 Å². The number of rotatable bonds is 8. The molecule has 1 N–H and O–H groups in total. The maximum absolute atomic E-state index is 13.9. The van der Waals surface area contributed by atoms with Crippen LogP contribution in [0.25, 0.3) is 0 Å². The molecule has 1 aliphatic carbocycles. The highest BCUT2D eigenvalue weighted by Crippen LogP contribution is 2.39. The lowest BCUT2D eigenvalue weighted by atomic mass is 9.86. The number of nitrogens with zero attached hydrogens (tertiary/aromatic N) is 3. The van der Waals surface area contributed by atoms with Crippen molar-refractivity contribution in [2.45, 2.75) is 19.0 Å². The molecule has 2 heterocycles. The number of amides is 1. The van der Waals surface area contributed by atoms with Gasteiger partial charge in [0.1, 0.15) is 11.6 Å². The zero-order valence-corrected chi connectivity index (χ0v) is 23.4. The van der Waals surface area contributed by atoms with E-state index in [0.717, 1.165) is 68.3 Å². The van der Waals surface area contributed by atoms with Gasteiger partial charge in [-0.05, 0) is 60.0 Å². The second-order valence-corrected chi connectivity index (χ2v) is 10.8. The number of halogens is 2. The van der Waals surface area contributed by atoms with Gasteiger partial charge in [0.2, 0.25) is 0 Å². The second kappa shape index (κ2) is 12.8. The Morgan fingerprint density at radius 2 is 1.62 bits per heavy atom. The number of carbonyl (C=O) groups excluding carboxylic acids is 1. The fraction of sp³-hybridized carbons (Fsp3) is 0.294. The van der Waals surface area contributed by atoms with Gasteiger partial charge < -0.3 is 15.0 Å². The summed E-state index contributed by atoms with van der Waals surface area (Å²) in [7, 11) is 0. The Morgan fingerprint density at radius 3 is 2.38 bits per heavy atom. The molecule has 0 saturated carbocycles. The molecule has 2 atom stereocenters. The van der Waals surface area contributed by atoms with Gasteiger partial charge in [0.05, 0.1) is 36.3 Å². The molecule has 1 fully saturated rings. The van der Waals surface area contributed by atoms with Crippen LogP contribution in [0, 0.1) is 17.6 Å². The Bertz CT molecular complexity index is 1490. The Balaban J connectivity index is 1.32. The molecule has 0 spiro atoms. The number of hydrogen-bond acceptors (Lipinski definition) is 5. The van der Waals surface area contributed by atoms with Crippen molar-refractivity contribution < 1.29 is 18.3 Å². The molecule has 8 heteroatoms. The summed E-state index contributed by atoms with van der Waals surface area (Å²) in [6.45, 7) is 5.50. The molecular formula is C34H34F2N4O2. The van der Waals surface area contributed by atoms with Crippen molar-refractivity contribution in [2.24, 2.45) is 10.9 Å². The second-order valence-electron chi connectivity index (χ2n) is 10.8. The minimum Gasteiger partial charge on any atom is -0.379 e. The maximum Gasteiger partial charge on any atom is 0.251 e. The van der Waals surface area contributed by atoms with E-state index in [0.29, 0.717) is 11.3 Å². The zero-order valence-electron chi connectivity index (χ0n) is 23.4. The highest BCUT2D eigenvalue weighted by molar-refractivity contribution is 6.07. The predicted molar refractivity (Wildman–Crippen MR) is 161 cm³/mol. The predicted octanol–water partition coefficient (Wildman–Crippen LogP) is 5.67. The quantitative estimate of drug-likeness (QED) is 0.381. The summed E-state index contributed by atoms with van der Waals surface area (Å²) < 4.78 is 32.7. The molecule has 6 rings (SSSR count). The van der Waals surface area contributed by atoms with Crippen molar-refractivity contribution in [1.82, 2.24) is 10.2 Å². The van der Waals surface area contributed by atoms with Gasteiger partial charge in [-0.2, -0.15) is 0 Å². The maximum atomic E-state index is 13.9. The summed E-state index contributed by atoms with van der Waals surface area (Å²) in [5.41, 5.74) is 4.64. The molecule has 216 valence electrons. The van der Waals surface area contributed by atoms with E-state index in [1.165, 1.54) is 24.3 Å². The lowest BCUT2D eigenvalue weighted by molar-refractivity contribution is 0.0376. The lowest BCUT2D eigenvalue weighted by Crippen LogP contribution is -2.44. The molecule has 0 aromatic heterocycles. The molecule has 1 saturated heterocycles. The van der Waals surface area contributed by atoms with Gasteiger partial charge >= 0.3 is 0 Å². The summed E-state index contributed by atoms with van der Waals surface area (Å²) in [5, 5.41) is 2.93. The molecule has 42 heavy (non-hydrogen) atoms. The topological polar surface area (TPSA) is 57.2 Å². The van der Waals surface area contributed by atoms with Crippen molar-refractivity contribution in [1.29, 1.82) is 0 Å². The van der Waals surface area contributed by atoms with Crippen molar-refractivity contribution >= 4 is 23.0 Å². The first-order valence-electron chi connectivity index (χ1n) is 14.5. The summed E-state index contributed by atoms with van der Waals surface area (Å²) in [6, 6.07) is 18.2. The van der Waals surface area contributed by atoms with Gasteiger partial charge in [-0.3, -0.25) is 9.69 Å². The van der Waals surface area contributed by atoms with Crippen LogP contribution < -0.4 is 10.2 Å². The molecule has 3 aromatic rings. The number of aliphatic imine (C=N–C) groups is 1. The van der Waals surface area contributed by atoms with Gasteiger partial charge in [-0.25, -0.2) is 13.8 Å². The Hall–Kier alpha value is -4.14. The van der Waals surface area contributed by atoms with E-state index in [9.17, 15) is 13.6 Å². The number of nitrogens with one attached hydrogen (secondary N) is 1. The van der Waals surface area contributed by atoms with Crippen LogP contribution in [0.2, 0.25) is 0 Å². The zero-order chi connectivity index (χ0) is 28.9. The average molecular weight is 569 g/mol. The largest absolute Gasteiger partial charge is 0.379 e. The highest BCUT2D eigenvalue weighted by atomic mass is 19.1. The van der Waals surface area contributed by atoms with Gasteiger partial charge in [-0.1, -0.05) is 48.6 Å². The lowest BCUT2D eigenvalue weighted by Gasteiger charge is -2.37. The van der Waals surface area contributed by atoms with E-state index in [1.54, 1.807) is 24.3 Å². The molecule has 0 bridgehead atoms. The first-order chi connectivity index (χ1) is 20.5. The van der Waals surface area contributed by atoms with Crippen LogP contribution >= 0.6 is 0 Å². The smallest absolute Gasteiger partial charge is 0.251 e. The minimum atomic E-state index is -0.314. The monoisotopic (exact) mass is 568 g/mol. The number of hydrogen-bond donors (Lipinski definition) is 1. The van der Waals surface area contributed by atoms with Crippen LogP contribution in [-0.2, 0) is 11.3 Å². The number of benzene rings is 3. The van der Waals surface area contributed by atoms with Crippen molar-refractivity contribution in [3.05, 3.63) is 119 Å². The van der Waals surface area contributed by atoms with E-state index in [2.05, 4.69) is 33.3 Å². The highest BCUT2D eigenvalue weighted by Gasteiger charge is 2.34. The SMILES string of the molecule is O=C(NCc1ccc(F)cc1)c1ccc2c(c1)N=C(c1ccc(F)cc1)C1C=CC=CC1N2CCCN1CCOCC1. The fourth-order valence-corrected chi connectivity index (χ4v) is 5.83. The number of carbonyl (C=O) groups is 1. The molecular weight excluding hydrogens is 534 g/mol. The van der Waals surface area contributed by atoms with Crippen LogP contribution in [0.5, 0.6) is 0 Å². The van der Waals surface area contributed by atoms with Crippen molar-refractivity contribution in [3.8, 4) is 0 Å². The Kier molecular flexibility index (Phi) is 8.53. The minimum absolute atomic E-state index is 0.0166. The van der Waals surface area contributed by atoms with E-state index in [-0.39, 0.29) is 36.0 Å². The fourth-order valence-electron chi connectivity index (χ4n) is 5.83. The molecule has 6 nitrogen and oxygen atoms in total. The van der Waals surface area contributed by atoms with Crippen LogP contribution in [0.3, 0.4) is 0 Å². The molecule has 2 unspecified atom stereocenters. The normalized spacial score (nSPS) is 20.0. The van der Waals surface area contributed by atoms with Crippen LogP contribution in [0.1, 0.15) is 27.9 Å². The van der Waals surface area contributed by atoms with E-state index in [4.69, 9.17) is 9.73 Å². The van der Waals surface area contributed by atoms with Crippen molar-refractivity contribution in [2.75, 3.05) is 44.3 Å². The van der Waals surface area contributed by atoms with E-state index < -0.39 is 0 Å². The summed E-state index contributed by atoms with van der Waals surface area (Å²) in [6.07, 6.45) is 9.43. The third-order valence-corrected chi connectivity index (χ3v) is 8.05. The number of morpholine rings is 1. The molecule has 2 aliphatic heterocycles. The summed E-state index contributed by atoms with van der Waals surface area (Å²) >= 11 is 0. The first kappa shape index (κ1) is 28.0. The Morgan fingerprint density at radius 1 is 0.905 bits per heavy atom. The Labute approximate surface area is 245 Å². The van der Waals surface area contributed by atoms with Crippen LogP contribution in [0.4, 0.5) is 20.2 Å². The van der Waals surface area contributed by atoms with Gasteiger partial charge in [-0.15, -0.1) is 0 Å². The number of allylic oxidation sites excluding steroid dienone is 2. The molecule has 1 amide bonds. The summed E-state index contributed by atoms with van der Waals surface area (Å²) in [4.78, 5) is 23.2. The molecule has 0 radical (unpaired) electrons. The molecule has 3 aliphatic rings. The summed E-state index contributed by atoms with van der Waals surface area (Å²) in [5.74, 6) is -0.896. The number of anilines is 1. The van der Waals surface area contributed by atoms with E-state index in [1.807, 2.05) is 24.3 Å². The third kappa shape index (κ3) is 6.35. The van der Waals surface area contributed by atoms with Crippen LogP contribution in [0.15, 0.2) is 96.0 Å².